The molecule has 0 unspecified atom stereocenters. The molecule has 0 aliphatic carbocycles. The lowest BCUT2D eigenvalue weighted by atomic mass is 10.2. The summed E-state index contributed by atoms with van der Waals surface area (Å²) in [5.41, 5.74) is 0.979. The zero-order valence-corrected chi connectivity index (χ0v) is 18.3. The lowest BCUT2D eigenvalue weighted by molar-refractivity contribution is -0.384. The molecule has 1 amide bonds. The van der Waals surface area contributed by atoms with Crippen LogP contribution in [-0.4, -0.2) is 29.1 Å². The van der Waals surface area contributed by atoms with E-state index in [-0.39, 0.29) is 11.6 Å². The molecule has 0 saturated heterocycles. The molecule has 29 heavy (non-hydrogen) atoms. The monoisotopic (exact) mass is 491 g/mol. The van der Waals surface area contributed by atoms with Crippen LogP contribution in [0.25, 0.3) is 20.3 Å². The minimum atomic E-state index is -0.447. The minimum Gasteiger partial charge on any atom is -0.383 e. The third-order valence-electron chi connectivity index (χ3n) is 4.28. The van der Waals surface area contributed by atoms with Crippen LogP contribution in [0.3, 0.4) is 0 Å². The minimum absolute atomic E-state index is 0.00118. The molecule has 2 aromatic carbocycles. The Hall–Kier alpha value is -2.40. The Labute approximate surface area is 181 Å². The molecule has 0 bridgehead atoms. The van der Waals surface area contributed by atoms with Gasteiger partial charge in [0.05, 0.1) is 26.6 Å². The summed E-state index contributed by atoms with van der Waals surface area (Å²) in [6, 6.07) is 12.1. The second-order valence-electron chi connectivity index (χ2n) is 6.15. The summed E-state index contributed by atoms with van der Waals surface area (Å²) in [5, 5.41) is 11.6. The molecule has 7 nitrogen and oxygen atoms in total. The second kappa shape index (κ2) is 8.15. The van der Waals surface area contributed by atoms with Crippen molar-refractivity contribution in [2.24, 2.45) is 4.99 Å². The van der Waals surface area contributed by atoms with E-state index in [0.717, 1.165) is 19.4 Å². The fraction of sp³-hybridized carbons (Fsp3) is 0.158. The smallest absolute Gasteiger partial charge is 0.289 e. The Balaban J connectivity index is 1.78. The first-order valence-electron chi connectivity index (χ1n) is 8.51. The Morgan fingerprint density at radius 3 is 2.79 bits per heavy atom. The molecule has 4 aromatic rings. The number of methoxy groups -OCH3 is 1. The maximum atomic E-state index is 12.8. The van der Waals surface area contributed by atoms with Crippen LogP contribution >= 0.6 is 38.6 Å². The van der Waals surface area contributed by atoms with Crippen molar-refractivity contribution in [2.45, 2.75) is 6.54 Å². The van der Waals surface area contributed by atoms with E-state index in [9.17, 15) is 14.9 Å². The zero-order chi connectivity index (χ0) is 20.5. The summed E-state index contributed by atoms with van der Waals surface area (Å²) in [7, 11) is 1.63. The van der Waals surface area contributed by atoms with Crippen LogP contribution in [0.4, 0.5) is 5.69 Å². The van der Waals surface area contributed by atoms with Crippen molar-refractivity contribution in [2.75, 3.05) is 13.7 Å². The largest absolute Gasteiger partial charge is 0.383 e. The van der Waals surface area contributed by atoms with Gasteiger partial charge in [0.15, 0.2) is 4.80 Å². The Morgan fingerprint density at radius 2 is 2.03 bits per heavy atom. The molecule has 4 rings (SSSR count). The normalized spacial score (nSPS) is 12.1. The highest BCUT2D eigenvalue weighted by Gasteiger charge is 2.14. The standard InChI is InChI=1S/C19H14BrN3O4S2/c1-27-7-6-22-14-4-2-12(20)10-16(14)29-19(22)21-18(24)17-9-11-8-13(23(25)26)3-5-15(11)28-17/h2-5,8-10H,6-7H2,1H3. The molecular formula is C19H14BrN3O4S2. The van der Waals surface area contributed by atoms with Gasteiger partial charge in [0.1, 0.15) is 0 Å². The number of nitrogens with zero attached hydrogens (tertiary/aromatic N) is 3. The van der Waals surface area contributed by atoms with Crippen molar-refractivity contribution in [1.29, 1.82) is 0 Å². The van der Waals surface area contributed by atoms with Crippen LogP contribution in [0.1, 0.15) is 9.67 Å². The quantitative estimate of drug-likeness (QED) is 0.291. The number of nitro groups is 1. The van der Waals surface area contributed by atoms with Gasteiger partial charge in [-0.05, 0) is 30.3 Å². The van der Waals surface area contributed by atoms with E-state index < -0.39 is 4.92 Å². The molecule has 0 N–H and O–H groups in total. The van der Waals surface area contributed by atoms with Crippen molar-refractivity contribution in [3.63, 3.8) is 0 Å². The fourth-order valence-corrected chi connectivity index (χ4v) is 5.46. The molecule has 2 aromatic heterocycles. The molecule has 148 valence electrons. The highest BCUT2D eigenvalue weighted by Crippen LogP contribution is 2.29. The van der Waals surface area contributed by atoms with Crippen LogP contribution in [-0.2, 0) is 11.3 Å². The Bertz CT molecular complexity index is 1320. The number of amides is 1. The van der Waals surface area contributed by atoms with Crippen LogP contribution in [0.15, 0.2) is 51.9 Å². The van der Waals surface area contributed by atoms with Gasteiger partial charge < -0.3 is 9.30 Å². The van der Waals surface area contributed by atoms with Gasteiger partial charge in [0.2, 0.25) is 0 Å². The van der Waals surface area contributed by atoms with E-state index in [4.69, 9.17) is 4.74 Å². The second-order valence-corrected chi connectivity index (χ2v) is 9.16. The summed E-state index contributed by atoms with van der Waals surface area (Å²) >= 11 is 6.18. The number of fused-ring (bicyclic) bond motifs is 2. The maximum Gasteiger partial charge on any atom is 0.289 e. The Kier molecular flexibility index (Phi) is 5.59. The summed E-state index contributed by atoms with van der Waals surface area (Å²) in [5.74, 6) is -0.370. The number of rotatable bonds is 5. The van der Waals surface area contributed by atoms with E-state index in [1.165, 1.54) is 34.8 Å². The van der Waals surface area contributed by atoms with Gasteiger partial charge in [-0.25, -0.2) is 0 Å². The fourth-order valence-electron chi connectivity index (χ4n) is 2.92. The number of ether oxygens (including phenoxy) is 1. The first-order chi connectivity index (χ1) is 14.0. The first kappa shape index (κ1) is 19.9. The lowest BCUT2D eigenvalue weighted by Crippen LogP contribution is -2.19. The number of carbonyl (C=O) groups is 1. The predicted octanol–water partition coefficient (Wildman–Crippen LogP) is 4.98. The molecule has 0 spiro atoms. The average Bonchev–Trinajstić information content (AvgIpc) is 3.26. The van der Waals surface area contributed by atoms with Crippen LogP contribution in [0, 0.1) is 10.1 Å². The topological polar surface area (TPSA) is 86.7 Å². The molecule has 0 atom stereocenters. The van der Waals surface area contributed by atoms with E-state index in [0.29, 0.717) is 28.2 Å². The highest BCUT2D eigenvalue weighted by atomic mass is 79.9. The number of halogens is 1. The zero-order valence-electron chi connectivity index (χ0n) is 15.1. The summed E-state index contributed by atoms with van der Waals surface area (Å²) < 4.78 is 9.93. The summed E-state index contributed by atoms with van der Waals surface area (Å²) in [6.45, 7) is 1.07. The van der Waals surface area contributed by atoms with E-state index in [2.05, 4.69) is 20.9 Å². The number of non-ortho nitro benzene ring substituents is 1. The highest BCUT2D eigenvalue weighted by molar-refractivity contribution is 9.10. The number of aromatic nitrogens is 1. The SMILES string of the molecule is COCCn1c(=NC(=O)c2cc3cc([N+](=O)[O-])ccc3s2)sc2cc(Br)ccc21. The molecule has 10 heteroatoms. The van der Waals surface area contributed by atoms with Gasteiger partial charge in [0, 0.05) is 40.3 Å². The maximum absolute atomic E-state index is 12.8. The van der Waals surface area contributed by atoms with Crippen LogP contribution < -0.4 is 4.80 Å². The molecule has 0 aliphatic rings. The number of thiazole rings is 1. The third kappa shape index (κ3) is 4.01. The van der Waals surface area contributed by atoms with Crippen LogP contribution in [0.2, 0.25) is 0 Å². The first-order valence-corrected chi connectivity index (χ1v) is 10.9. The van der Waals surface area contributed by atoms with E-state index in [1.807, 2.05) is 22.8 Å². The van der Waals surface area contributed by atoms with Crippen LogP contribution in [0.5, 0.6) is 0 Å². The third-order valence-corrected chi connectivity index (χ3v) is 6.92. The van der Waals surface area contributed by atoms with Crippen molar-refractivity contribution < 1.29 is 14.5 Å². The average molecular weight is 492 g/mol. The summed E-state index contributed by atoms with van der Waals surface area (Å²) in [4.78, 5) is 28.7. The van der Waals surface area contributed by atoms with E-state index >= 15 is 0 Å². The number of hydrogen-bond acceptors (Lipinski definition) is 6. The van der Waals surface area contributed by atoms with Gasteiger partial charge in [-0.15, -0.1) is 11.3 Å². The summed E-state index contributed by atoms with van der Waals surface area (Å²) in [6.07, 6.45) is 0. The van der Waals surface area contributed by atoms with Crippen molar-refractivity contribution in [1.82, 2.24) is 4.57 Å². The molecule has 0 aliphatic heterocycles. The van der Waals surface area contributed by atoms with Crippen molar-refractivity contribution in [3.8, 4) is 0 Å². The van der Waals surface area contributed by atoms with E-state index in [1.54, 1.807) is 19.2 Å². The number of thiophene rings is 1. The van der Waals surface area contributed by atoms with Crippen molar-refractivity contribution >= 4 is 70.5 Å². The number of hydrogen-bond donors (Lipinski definition) is 0. The number of carbonyl (C=O) groups excluding carboxylic acids is 1. The Morgan fingerprint density at radius 1 is 1.21 bits per heavy atom. The van der Waals surface area contributed by atoms with Gasteiger partial charge in [0.25, 0.3) is 11.6 Å². The van der Waals surface area contributed by atoms with Gasteiger partial charge >= 0.3 is 0 Å². The molecule has 0 saturated carbocycles. The molecule has 2 heterocycles. The number of benzene rings is 2. The lowest BCUT2D eigenvalue weighted by Gasteiger charge is -2.04. The van der Waals surface area contributed by atoms with Crippen molar-refractivity contribution in [3.05, 3.63) is 66.7 Å². The van der Waals surface area contributed by atoms with Gasteiger partial charge in [-0.1, -0.05) is 27.3 Å². The number of nitro benzene ring substituents is 1. The molecule has 0 radical (unpaired) electrons. The van der Waals surface area contributed by atoms with Gasteiger partial charge in [-0.2, -0.15) is 4.99 Å². The molecule has 0 fully saturated rings. The predicted molar refractivity (Wildman–Crippen MR) is 118 cm³/mol. The van der Waals surface area contributed by atoms with Gasteiger partial charge in [-0.3, -0.25) is 14.9 Å². The molecular weight excluding hydrogens is 478 g/mol.